The highest BCUT2D eigenvalue weighted by Crippen LogP contribution is 2.52. The van der Waals surface area contributed by atoms with Gasteiger partial charge >= 0.3 is 0 Å². The van der Waals surface area contributed by atoms with E-state index < -0.39 is 0 Å². The summed E-state index contributed by atoms with van der Waals surface area (Å²) in [7, 11) is 0. The van der Waals surface area contributed by atoms with Crippen LogP contribution in [0.25, 0.3) is 23.3 Å². The van der Waals surface area contributed by atoms with Gasteiger partial charge in [0.25, 0.3) is 0 Å². The molecule has 0 N–H and O–H groups in total. The minimum atomic E-state index is 0.490. The van der Waals surface area contributed by atoms with Crippen LogP contribution in [-0.4, -0.2) is 16.0 Å². The SMILES string of the molecule is Cc1cncc(C(=C/C=C/c2ccc3c(c2)C2CCCC2N3c2ccc(/C=C(\c3ccccc3)c3ccc(Cc4ccccc4)cc3)cc2)c2cncc(C)c2)c1. The number of pyridine rings is 2. The number of hydrogen-bond acceptors (Lipinski definition) is 3. The third kappa shape index (κ3) is 7.92. The van der Waals surface area contributed by atoms with Crippen molar-refractivity contribution < 1.29 is 0 Å². The van der Waals surface area contributed by atoms with Gasteiger partial charge in [0.15, 0.2) is 0 Å². The molecule has 0 radical (unpaired) electrons. The standard InChI is InChI=1S/C54H47N3/c1-38-29-46(36-55-34-38)49(47-30-39(2)35-56-37-47)16-9-13-41-23-28-54-52(33-41)50-17-10-18-53(50)57(54)48-26-21-43(22-27-48)32-51(44-14-7-4-8-15-44)45-24-19-42(20-25-45)31-40-11-5-3-6-12-40/h3-9,11-16,19-30,32-37,50,53H,10,17-18,31H2,1-2H3/b13-9+,51-32+. The van der Waals surface area contributed by atoms with Crippen LogP contribution in [0, 0.1) is 13.8 Å². The number of allylic oxidation sites excluding steroid dienone is 2. The van der Waals surface area contributed by atoms with Crippen molar-refractivity contribution in [1.82, 2.24) is 9.97 Å². The fourth-order valence-corrected chi connectivity index (χ4v) is 8.82. The van der Waals surface area contributed by atoms with E-state index in [1.807, 2.05) is 24.8 Å². The molecule has 2 aromatic heterocycles. The lowest BCUT2D eigenvalue weighted by molar-refractivity contribution is 0.642. The third-order valence-corrected chi connectivity index (χ3v) is 11.5. The molecule has 1 aliphatic carbocycles. The van der Waals surface area contributed by atoms with Crippen molar-refractivity contribution in [2.24, 2.45) is 0 Å². The van der Waals surface area contributed by atoms with Crippen molar-refractivity contribution in [1.29, 1.82) is 0 Å². The second-order valence-corrected chi connectivity index (χ2v) is 15.6. The number of benzene rings is 5. The molecule has 3 heterocycles. The summed E-state index contributed by atoms with van der Waals surface area (Å²) in [5, 5.41) is 0. The van der Waals surface area contributed by atoms with Crippen LogP contribution in [0.3, 0.4) is 0 Å². The number of aryl methyl sites for hydroxylation is 2. The number of hydrogen-bond donors (Lipinski definition) is 0. The van der Waals surface area contributed by atoms with Crippen LogP contribution in [-0.2, 0) is 6.42 Å². The van der Waals surface area contributed by atoms with Crippen molar-refractivity contribution in [3.63, 3.8) is 0 Å². The summed E-state index contributed by atoms with van der Waals surface area (Å²) in [6, 6.07) is 51.7. The van der Waals surface area contributed by atoms with Crippen LogP contribution >= 0.6 is 0 Å². The number of nitrogens with zero attached hydrogens (tertiary/aromatic N) is 3. The Morgan fingerprint density at radius 3 is 1.91 bits per heavy atom. The molecular formula is C54H47N3. The number of fused-ring (bicyclic) bond motifs is 3. The van der Waals surface area contributed by atoms with Crippen molar-refractivity contribution in [3.8, 4) is 0 Å². The van der Waals surface area contributed by atoms with E-state index in [9.17, 15) is 0 Å². The van der Waals surface area contributed by atoms with Gasteiger partial charge in [0, 0.05) is 59.2 Å². The van der Waals surface area contributed by atoms with Gasteiger partial charge in [-0.25, -0.2) is 0 Å². The second-order valence-electron chi connectivity index (χ2n) is 15.6. The first-order valence-electron chi connectivity index (χ1n) is 20.2. The molecule has 0 bridgehead atoms. The molecule has 0 saturated heterocycles. The summed E-state index contributed by atoms with van der Waals surface area (Å²) >= 11 is 0. The van der Waals surface area contributed by atoms with Crippen LogP contribution in [0.4, 0.5) is 11.4 Å². The summed E-state index contributed by atoms with van der Waals surface area (Å²) in [5.74, 6) is 0.547. The zero-order valence-electron chi connectivity index (χ0n) is 32.7. The van der Waals surface area contributed by atoms with Crippen LogP contribution in [0.2, 0.25) is 0 Å². The van der Waals surface area contributed by atoms with E-state index in [0.717, 1.165) is 34.2 Å². The lowest BCUT2D eigenvalue weighted by atomic mass is 9.94. The van der Waals surface area contributed by atoms with E-state index in [1.54, 1.807) is 0 Å². The number of rotatable bonds is 10. The van der Waals surface area contributed by atoms with Crippen molar-refractivity contribution in [2.45, 2.75) is 51.5 Å². The maximum absolute atomic E-state index is 4.48. The van der Waals surface area contributed by atoms with E-state index in [4.69, 9.17) is 0 Å². The van der Waals surface area contributed by atoms with Gasteiger partial charge in [0.05, 0.1) is 0 Å². The first-order valence-corrected chi connectivity index (χ1v) is 20.2. The summed E-state index contributed by atoms with van der Waals surface area (Å²) in [6.45, 7) is 4.17. The molecule has 9 rings (SSSR count). The maximum Gasteiger partial charge on any atom is 0.0450 e. The quantitative estimate of drug-likeness (QED) is 0.103. The van der Waals surface area contributed by atoms with Gasteiger partial charge in [-0.3, -0.25) is 9.97 Å². The van der Waals surface area contributed by atoms with Gasteiger partial charge in [0.2, 0.25) is 0 Å². The molecule has 57 heavy (non-hydrogen) atoms. The zero-order chi connectivity index (χ0) is 38.6. The molecule has 3 heteroatoms. The van der Waals surface area contributed by atoms with Gasteiger partial charge < -0.3 is 4.90 Å². The highest BCUT2D eigenvalue weighted by molar-refractivity contribution is 5.92. The smallest absolute Gasteiger partial charge is 0.0450 e. The molecule has 1 fully saturated rings. The maximum atomic E-state index is 4.48. The van der Waals surface area contributed by atoms with Crippen LogP contribution in [0.5, 0.6) is 0 Å². The average molecular weight is 738 g/mol. The Balaban J connectivity index is 0.984. The van der Waals surface area contributed by atoms with E-state index in [0.29, 0.717) is 12.0 Å². The highest BCUT2D eigenvalue weighted by Gasteiger charge is 2.42. The molecule has 0 amide bonds. The lowest BCUT2D eigenvalue weighted by Crippen LogP contribution is -2.26. The number of anilines is 2. The van der Waals surface area contributed by atoms with Gasteiger partial charge in [-0.1, -0.05) is 128 Å². The van der Waals surface area contributed by atoms with Gasteiger partial charge in [-0.05, 0) is 137 Å². The fraction of sp³-hybridized carbons (Fsp3) is 0.148. The van der Waals surface area contributed by atoms with Crippen LogP contribution in [0.1, 0.15) is 86.4 Å². The minimum absolute atomic E-state index is 0.490. The molecule has 1 aliphatic heterocycles. The van der Waals surface area contributed by atoms with Crippen molar-refractivity contribution in [2.75, 3.05) is 4.90 Å². The summed E-state index contributed by atoms with van der Waals surface area (Å²) in [5.41, 5.74) is 18.4. The predicted octanol–water partition coefficient (Wildman–Crippen LogP) is 13.2. The van der Waals surface area contributed by atoms with E-state index >= 15 is 0 Å². The minimum Gasteiger partial charge on any atom is -0.338 e. The molecule has 7 aromatic rings. The monoisotopic (exact) mass is 737 g/mol. The first-order chi connectivity index (χ1) is 28.1. The van der Waals surface area contributed by atoms with Gasteiger partial charge in [-0.2, -0.15) is 0 Å². The summed E-state index contributed by atoms with van der Waals surface area (Å²) in [6.07, 6.45) is 21.3. The lowest BCUT2D eigenvalue weighted by Gasteiger charge is -2.27. The summed E-state index contributed by atoms with van der Waals surface area (Å²) < 4.78 is 0. The van der Waals surface area contributed by atoms with Crippen molar-refractivity contribution in [3.05, 3.63) is 238 Å². The van der Waals surface area contributed by atoms with Gasteiger partial charge in [-0.15, -0.1) is 0 Å². The molecule has 0 spiro atoms. The Hall–Kier alpha value is -6.58. The van der Waals surface area contributed by atoms with E-state index in [-0.39, 0.29) is 0 Å². The summed E-state index contributed by atoms with van der Waals surface area (Å²) in [4.78, 5) is 11.6. The second kappa shape index (κ2) is 16.3. The Bertz CT molecular complexity index is 2530. The Morgan fingerprint density at radius 2 is 1.23 bits per heavy atom. The molecule has 1 saturated carbocycles. The third-order valence-electron chi connectivity index (χ3n) is 11.5. The molecule has 5 aromatic carbocycles. The average Bonchev–Trinajstić information content (AvgIpc) is 3.84. The first kappa shape index (κ1) is 36.1. The van der Waals surface area contributed by atoms with Gasteiger partial charge in [0.1, 0.15) is 0 Å². The Labute approximate surface area is 337 Å². The molecule has 3 nitrogen and oxygen atoms in total. The molecule has 2 aliphatic rings. The van der Waals surface area contributed by atoms with E-state index in [2.05, 4.69) is 193 Å². The Kier molecular flexibility index (Phi) is 10.3. The topological polar surface area (TPSA) is 29.0 Å². The van der Waals surface area contributed by atoms with E-state index in [1.165, 1.54) is 75.2 Å². The Morgan fingerprint density at radius 1 is 0.596 bits per heavy atom. The number of aromatic nitrogens is 2. The predicted molar refractivity (Wildman–Crippen MR) is 239 cm³/mol. The molecule has 278 valence electrons. The molecular weight excluding hydrogens is 691 g/mol. The van der Waals surface area contributed by atoms with Crippen LogP contribution in [0.15, 0.2) is 176 Å². The normalized spacial score (nSPS) is 16.1. The fourth-order valence-electron chi connectivity index (χ4n) is 8.82. The highest BCUT2D eigenvalue weighted by atomic mass is 15.2. The molecule has 2 atom stereocenters. The van der Waals surface area contributed by atoms with Crippen LogP contribution < -0.4 is 4.90 Å². The zero-order valence-corrected chi connectivity index (χ0v) is 32.7. The van der Waals surface area contributed by atoms with Crippen molar-refractivity contribution >= 4 is 34.7 Å². The largest absolute Gasteiger partial charge is 0.338 e. The molecule has 2 unspecified atom stereocenters.